The number of carbonyl (C=O) groups is 1. The van der Waals surface area contributed by atoms with Crippen LogP contribution in [0.2, 0.25) is 0 Å². The van der Waals surface area contributed by atoms with Crippen LogP contribution in [0.25, 0.3) is 0 Å². The van der Waals surface area contributed by atoms with Crippen molar-refractivity contribution in [2.75, 3.05) is 5.32 Å². The number of nitrogens with zero attached hydrogens (tertiary/aromatic N) is 2. The third-order valence-corrected chi connectivity index (χ3v) is 2.94. The summed E-state index contributed by atoms with van der Waals surface area (Å²) in [4.78, 5) is 11.9. The van der Waals surface area contributed by atoms with E-state index in [4.69, 9.17) is 0 Å². The van der Waals surface area contributed by atoms with Gasteiger partial charge in [0.05, 0.1) is 10.7 Å². The van der Waals surface area contributed by atoms with Gasteiger partial charge in [0.25, 0.3) is 0 Å². The van der Waals surface area contributed by atoms with Crippen molar-refractivity contribution < 1.29 is 13.6 Å². The molecule has 100 valence electrons. The van der Waals surface area contributed by atoms with E-state index in [1.165, 1.54) is 10.7 Å². The summed E-state index contributed by atoms with van der Waals surface area (Å²) in [6.45, 7) is 1.65. The number of halogens is 3. The number of hydrogen-bond donors (Lipinski definition) is 1. The molecule has 1 aromatic carbocycles. The van der Waals surface area contributed by atoms with Crippen LogP contribution in [0.15, 0.2) is 35.1 Å². The van der Waals surface area contributed by atoms with E-state index in [0.29, 0.717) is 0 Å². The molecule has 0 fully saturated rings. The Balaban J connectivity index is 2.10. The van der Waals surface area contributed by atoms with Crippen LogP contribution in [0.5, 0.6) is 0 Å². The highest BCUT2D eigenvalue weighted by Gasteiger charge is 2.16. The first kappa shape index (κ1) is 13.7. The molecule has 1 N–H and O–H groups in total. The number of benzene rings is 1. The summed E-state index contributed by atoms with van der Waals surface area (Å²) in [6.07, 6.45) is 3.21. The fourth-order valence-corrected chi connectivity index (χ4v) is 1.77. The lowest BCUT2D eigenvalue weighted by Crippen LogP contribution is -2.24. The van der Waals surface area contributed by atoms with Crippen LogP contribution in [0.1, 0.15) is 13.0 Å². The molecule has 0 saturated carbocycles. The Labute approximate surface area is 116 Å². The average Bonchev–Trinajstić information content (AvgIpc) is 2.79. The SMILES string of the molecule is CC(C(=O)Nc1ccc(F)c(F)c1)n1cc(Br)cn1. The van der Waals surface area contributed by atoms with Crippen LogP contribution in [0.3, 0.4) is 0 Å². The molecule has 7 heteroatoms. The van der Waals surface area contributed by atoms with Crippen molar-refractivity contribution in [3.8, 4) is 0 Å². The number of nitrogens with one attached hydrogen (secondary N) is 1. The van der Waals surface area contributed by atoms with Crippen molar-refractivity contribution in [1.29, 1.82) is 0 Å². The number of carbonyl (C=O) groups excluding carboxylic acids is 1. The van der Waals surface area contributed by atoms with Crippen molar-refractivity contribution >= 4 is 27.5 Å². The third-order valence-electron chi connectivity index (χ3n) is 2.53. The Kier molecular flexibility index (Phi) is 3.94. The molecule has 0 aliphatic heterocycles. The Hall–Kier alpha value is -1.76. The third kappa shape index (κ3) is 3.17. The zero-order valence-electron chi connectivity index (χ0n) is 9.90. The lowest BCUT2D eigenvalue weighted by molar-refractivity contribution is -0.119. The quantitative estimate of drug-likeness (QED) is 0.940. The van der Waals surface area contributed by atoms with Gasteiger partial charge < -0.3 is 5.32 Å². The van der Waals surface area contributed by atoms with Gasteiger partial charge in [0.1, 0.15) is 6.04 Å². The van der Waals surface area contributed by atoms with Crippen LogP contribution in [0, 0.1) is 11.6 Å². The summed E-state index contributed by atoms with van der Waals surface area (Å²) >= 11 is 3.23. The molecule has 0 aliphatic rings. The molecule has 0 spiro atoms. The Morgan fingerprint density at radius 3 is 2.74 bits per heavy atom. The second kappa shape index (κ2) is 5.48. The number of rotatable bonds is 3. The number of hydrogen-bond acceptors (Lipinski definition) is 2. The van der Waals surface area contributed by atoms with E-state index in [2.05, 4.69) is 26.3 Å². The second-order valence-electron chi connectivity index (χ2n) is 3.93. The predicted molar refractivity (Wildman–Crippen MR) is 69.6 cm³/mol. The summed E-state index contributed by atoms with van der Waals surface area (Å²) in [5, 5.41) is 6.48. The van der Waals surface area contributed by atoms with Gasteiger partial charge in [-0.05, 0) is 35.0 Å². The maximum Gasteiger partial charge on any atom is 0.248 e. The first-order valence-electron chi connectivity index (χ1n) is 5.43. The molecule has 2 aromatic rings. The van der Waals surface area contributed by atoms with Gasteiger partial charge in [-0.3, -0.25) is 9.48 Å². The van der Waals surface area contributed by atoms with Gasteiger partial charge in [-0.25, -0.2) is 8.78 Å². The minimum atomic E-state index is -1.01. The molecule has 1 atom stereocenters. The van der Waals surface area contributed by atoms with Gasteiger partial charge in [0.2, 0.25) is 5.91 Å². The maximum atomic E-state index is 13.0. The normalized spacial score (nSPS) is 12.2. The van der Waals surface area contributed by atoms with Crippen molar-refractivity contribution in [2.45, 2.75) is 13.0 Å². The van der Waals surface area contributed by atoms with Crippen molar-refractivity contribution in [1.82, 2.24) is 9.78 Å². The molecule has 0 bridgehead atoms. The fraction of sp³-hybridized carbons (Fsp3) is 0.167. The second-order valence-corrected chi connectivity index (χ2v) is 4.85. The van der Waals surface area contributed by atoms with Crippen molar-refractivity contribution in [2.24, 2.45) is 0 Å². The average molecular weight is 330 g/mol. The molecular formula is C12H10BrF2N3O. The van der Waals surface area contributed by atoms with Crippen LogP contribution in [-0.4, -0.2) is 15.7 Å². The molecule has 1 heterocycles. The number of anilines is 1. The topological polar surface area (TPSA) is 46.9 Å². The van der Waals surface area contributed by atoms with Gasteiger partial charge >= 0.3 is 0 Å². The molecule has 1 aromatic heterocycles. The summed E-state index contributed by atoms with van der Waals surface area (Å²) in [6, 6.07) is 2.61. The number of amides is 1. The first-order chi connectivity index (χ1) is 8.97. The van der Waals surface area contributed by atoms with Gasteiger partial charge in [-0.2, -0.15) is 5.10 Å². The molecule has 1 amide bonds. The molecule has 0 radical (unpaired) electrons. The lowest BCUT2D eigenvalue weighted by atomic mass is 10.2. The zero-order valence-corrected chi connectivity index (χ0v) is 11.5. The van der Waals surface area contributed by atoms with Crippen LogP contribution >= 0.6 is 15.9 Å². The van der Waals surface area contributed by atoms with Crippen LogP contribution < -0.4 is 5.32 Å². The number of aromatic nitrogens is 2. The summed E-state index contributed by atoms with van der Waals surface area (Å²) in [5.41, 5.74) is 0.196. The molecule has 0 aliphatic carbocycles. The summed E-state index contributed by atoms with van der Waals surface area (Å²) in [7, 11) is 0. The highest BCUT2D eigenvalue weighted by atomic mass is 79.9. The van der Waals surface area contributed by atoms with Crippen molar-refractivity contribution in [3.63, 3.8) is 0 Å². The van der Waals surface area contributed by atoms with Gasteiger partial charge in [-0.1, -0.05) is 0 Å². The van der Waals surface area contributed by atoms with E-state index in [-0.39, 0.29) is 11.6 Å². The summed E-state index contributed by atoms with van der Waals surface area (Å²) < 4.78 is 28.0. The monoisotopic (exact) mass is 329 g/mol. The van der Waals surface area contributed by atoms with E-state index >= 15 is 0 Å². The molecule has 2 rings (SSSR count). The minimum absolute atomic E-state index is 0.196. The summed E-state index contributed by atoms with van der Waals surface area (Å²) in [5.74, 6) is -2.34. The zero-order chi connectivity index (χ0) is 14.0. The Bertz CT molecular complexity index is 615. The van der Waals surface area contributed by atoms with E-state index in [1.54, 1.807) is 19.3 Å². The van der Waals surface area contributed by atoms with Crippen molar-refractivity contribution in [3.05, 3.63) is 46.7 Å². The lowest BCUT2D eigenvalue weighted by Gasteiger charge is -2.12. The smallest absolute Gasteiger partial charge is 0.248 e. The first-order valence-corrected chi connectivity index (χ1v) is 6.22. The molecule has 19 heavy (non-hydrogen) atoms. The fourth-order valence-electron chi connectivity index (χ4n) is 1.47. The molecule has 1 unspecified atom stereocenters. The van der Waals surface area contributed by atoms with Gasteiger partial charge in [0, 0.05) is 18.0 Å². The molecule has 4 nitrogen and oxygen atoms in total. The van der Waals surface area contributed by atoms with Crippen LogP contribution in [-0.2, 0) is 4.79 Å². The largest absolute Gasteiger partial charge is 0.324 e. The predicted octanol–water partition coefficient (Wildman–Crippen LogP) is 3.12. The van der Waals surface area contributed by atoms with E-state index in [1.807, 2.05) is 0 Å². The minimum Gasteiger partial charge on any atom is -0.324 e. The molecule has 0 saturated heterocycles. The van der Waals surface area contributed by atoms with Gasteiger partial charge in [0.15, 0.2) is 11.6 Å². The van der Waals surface area contributed by atoms with E-state index < -0.39 is 17.7 Å². The Morgan fingerprint density at radius 1 is 1.42 bits per heavy atom. The highest BCUT2D eigenvalue weighted by Crippen LogP contribution is 2.16. The van der Waals surface area contributed by atoms with Crippen LogP contribution in [0.4, 0.5) is 14.5 Å². The highest BCUT2D eigenvalue weighted by molar-refractivity contribution is 9.10. The molecular weight excluding hydrogens is 320 g/mol. The van der Waals surface area contributed by atoms with E-state index in [0.717, 1.165) is 16.6 Å². The van der Waals surface area contributed by atoms with Gasteiger partial charge in [-0.15, -0.1) is 0 Å². The maximum absolute atomic E-state index is 13.0. The Morgan fingerprint density at radius 2 is 2.16 bits per heavy atom. The standard InChI is InChI=1S/C12H10BrF2N3O/c1-7(18-6-8(13)5-16-18)12(19)17-9-2-3-10(14)11(15)4-9/h2-7H,1H3,(H,17,19). The van der Waals surface area contributed by atoms with E-state index in [9.17, 15) is 13.6 Å².